The lowest BCUT2D eigenvalue weighted by molar-refractivity contribution is 0.262. The predicted octanol–water partition coefficient (Wildman–Crippen LogP) is 5.14. The van der Waals surface area contributed by atoms with Gasteiger partial charge in [-0.25, -0.2) is 14.8 Å². The topological polar surface area (TPSA) is 88.6 Å². The number of hydrogen-bond acceptors (Lipinski definition) is 6. The standard InChI is InChI=1S/C24H23N5O3/c1-29(2)18-8-13-21-22(14-18)25-15-26-23(21)32-20-11-6-17(7-12-20)28-24(30)27-16-4-9-19(31-3)10-5-16/h4-15H,1-3H3,(H2,27,28,30). The van der Waals surface area contributed by atoms with Crippen LogP contribution in [-0.4, -0.2) is 37.2 Å². The lowest BCUT2D eigenvalue weighted by Crippen LogP contribution is -2.19. The molecular weight excluding hydrogens is 406 g/mol. The predicted molar refractivity (Wildman–Crippen MR) is 126 cm³/mol. The largest absolute Gasteiger partial charge is 0.497 e. The molecule has 0 aliphatic heterocycles. The van der Waals surface area contributed by atoms with Gasteiger partial charge in [0.15, 0.2) is 0 Å². The Balaban J connectivity index is 1.42. The summed E-state index contributed by atoms with van der Waals surface area (Å²) in [7, 11) is 5.55. The maximum Gasteiger partial charge on any atom is 0.323 e. The molecule has 8 heteroatoms. The minimum absolute atomic E-state index is 0.345. The molecule has 3 aromatic carbocycles. The molecule has 0 aliphatic carbocycles. The molecule has 0 spiro atoms. The molecule has 32 heavy (non-hydrogen) atoms. The van der Waals surface area contributed by atoms with Crippen LogP contribution >= 0.6 is 0 Å². The molecule has 162 valence electrons. The molecule has 0 radical (unpaired) electrons. The van der Waals surface area contributed by atoms with Crippen molar-refractivity contribution in [3.05, 3.63) is 73.1 Å². The van der Waals surface area contributed by atoms with Crippen molar-refractivity contribution in [1.29, 1.82) is 0 Å². The summed E-state index contributed by atoms with van der Waals surface area (Å²) in [6, 6.07) is 19.7. The highest BCUT2D eigenvalue weighted by Crippen LogP contribution is 2.29. The van der Waals surface area contributed by atoms with Crippen molar-refractivity contribution >= 4 is 34.0 Å². The van der Waals surface area contributed by atoms with Crippen molar-refractivity contribution < 1.29 is 14.3 Å². The Morgan fingerprint density at radius 3 is 2.06 bits per heavy atom. The molecule has 2 amide bonds. The van der Waals surface area contributed by atoms with E-state index >= 15 is 0 Å². The molecule has 1 heterocycles. The van der Waals surface area contributed by atoms with Gasteiger partial charge in [-0.2, -0.15) is 0 Å². The van der Waals surface area contributed by atoms with Crippen molar-refractivity contribution in [2.45, 2.75) is 0 Å². The first-order valence-corrected chi connectivity index (χ1v) is 9.94. The molecule has 0 aliphatic rings. The minimum atomic E-state index is -0.345. The van der Waals surface area contributed by atoms with Gasteiger partial charge < -0.3 is 25.0 Å². The van der Waals surface area contributed by atoms with E-state index in [9.17, 15) is 4.79 Å². The van der Waals surface area contributed by atoms with E-state index in [1.54, 1.807) is 55.6 Å². The fraction of sp³-hybridized carbons (Fsp3) is 0.125. The molecule has 4 rings (SSSR count). The van der Waals surface area contributed by atoms with Gasteiger partial charge >= 0.3 is 6.03 Å². The maximum absolute atomic E-state index is 12.2. The summed E-state index contributed by atoms with van der Waals surface area (Å²) < 4.78 is 11.1. The summed E-state index contributed by atoms with van der Waals surface area (Å²) in [4.78, 5) is 22.9. The molecule has 0 saturated carbocycles. The van der Waals surface area contributed by atoms with Crippen LogP contribution in [0.4, 0.5) is 21.9 Å². The first-order valence-electron chi connectivity index (χ1n) is 9.94. The van der Waals surface area contributed by atoms with Crippen LogP contribution in [0.1, 0.15) is 0 Å². The van der Waals surface area contributed by atoms with Gasteiger partial charge in [0.25, 0.3) is 0 Å². The van der Waals surface area contributed by atoms with Crippen LogP contribution in [0, 0.1) is 0 Å². The van der Waals surface area contributed by atoms with Crippen LogP contribution in [0.15, 0.2) is 73.1 Å². The number of anilines is 3. The molecule has 0 fully saturated rings. The fourth-order valence-electron chi connectivity index (χ4n) is 3.07. The Hall–Kier alpha value is -4.33. The average molecular weight is 429 g/mol. The Bertz CT molecular complexity index is 1220. The van der Waals surface area contributed by atoms with Crippen LogP contribution in [0.2, 0.25) is 0 Å². The molecule has 1 aromatic heterocycles. The van der Waals surface area contributed by atoms with Gasteiger partial charge in [0, 0.05) is 31.2 Å². The second-order valence-electron chi connectivity index (χ2n) is 7.21. The number of carbonyl (C=O) groups excluding carboxylic acids is 1. The van der Waals surface area contributed by atoms with Crippen LogP contribution in [0.3, 0.4) is 0 Å². The van der Waals surface area contributed by atoms with Gasteiger partial charge in [-0.1, -0.05) is 0 Å². The van der Waals surface area contributed by atoms with Gasteiger partial charge in [0.1, 0.15) is 17.8 Å². The molecule has 0 bridgehead atoms. The van der Waals surface area contributed by atoms with Crippen molar-refractivity contribution in [3.8, 4) is 17.4 Å². The maximum atomic E-state index is 12.2. The van der Waals surface area contributed by atoms with E-state index in [0.717, 1.165) is 22.3 Å². The number of carbonyl (C=O) groups is 1. The Morgan fingerprint density at radius 2 is 1.47 bits per heavy atom. The van der Waals surface area contributed by atoms with Crippen molar-refractivity contribution in [3.63, 3.8) is 0 Å². The summed E-state index contributed by atoms with van der Waals surface area (Å²) >= 11 is 0. The molecule has 0 unspecified atom stereocenters. The van der Waals surface area contributed by atoms with E-state index in [0.29, 0.717) is 23.0 Å². The Kier molecular flexibility index (Phi) is 6.03. The zero-order valence-corrected chi connectivity index (χ0v) is 18.0. The number of hydrogen-bond donors (Lipinski definition) is 2. The highest BCUT2D eigenvalue weighted by molar-refractivity contribution is 5.99. The smallest absolute Gasteiger partial charge is 0.323 e. The molecule has 8 nitrogen and oxygen atoms in total. The van der Waals surface area contributed by atoms with Gasteiger partial charge in [0.2, 0.25) is 5.88 Å². The van der Waals surface area contributed by atoms with Crippen molar-refractivity contribution in [2.24, 2.45) is 0 Å². The zero-order valence-electron chi connectivity index (χ0n) is 18.0. The average Bonchev–Trinajstić information content (AvgIpc) is 2.80. The van der Waals surface area contributed by atoms with E-state index in [4.69, 9.17) is 9.47 Å². The summed E-state index contributed by atoms with van der Waals surface area (Å²) in [6.07, 6.45) is 1.48. The normalized spacial score (nSPS) is 10.5. The van der Waals surface area contributed by atoms with Crippen LogP contribution in [-0.2, 0) is 0 Å². The van der Waals surface area contributed by atoms with Gasteiger partial charge in [-0.05, 0) is 66.7 Å². The number of nitrogens with one attached hydrogen (secondary N) is 2. The van der Waals surface area contributed by atoms with Crippen LogP contribution in [0.5, 0.6) is 17.4 Å². The third-order valence-electron chi connectivity index (χ3n) is 4.77. The number of benzene rings is 3. The second-order valence-corrected chi connectivity index (χ2v) is 7.21. The minimum Gasteiger partial charge on any atom is -0.497 e. The third kappa shape index (κ3) is 4.86. The summed E-state index contributed by atoms with van der Waals surface area (Å²) in [5.41, 5.74) is 3.14. The fourth-order valence-corrected chi connectivity index (χ4v) is 3.07. The first kappa shape index (κ1) is 20.9. The van der Waals surface area contributed by atoms with E-state index in [-0.39, 0.29) is 6.03 Å². The van der Waals surface area contributed by atoms with E-state index in [2.05, 4.69) is 20.6 Å². The van der Waals surface area contributed by atoms with E-state index in [1.165, 1.54) is 6.33 Å². The lowest BCUT2D eigenvalue weighted by Gasteiger charge is -2.14. The summed E-state index contributed by atoms with van der Waals surface area (Å²) in [5, 5.41) is 6.38. The second kappa shape index (κ2) is 9.22. The molecular formula is C24H23N5O3. The molecule has 4 aromatic rings. The summed E-state index contributed by atoms with van der Waals surface area (Å²) in [6.45, 7) is 0. The number of aromatic nitrogens is 2. The number of methoxy groups -OCH3 is 1. The van der Waals surface area contributed by atoms with Gasteiger partial charge in [0.05, 0.1) is 18.0 Å². The third-order valence-corrected chi connectivity index (χ3v) is 4.77. The van der Waals surface area contributed by atoms with Crippen molar-refractivity contribution in [1.82, 2.24) is 9.97 Å². The van der Waals surface area contributed by atoms with Crippen LogP contribution < -0.4 is 25.0 Å². The monoisotopic (exact) mass is 429 g/mol. The number of fused-ring (bicyclic) bond motifs is 1. The Morgan fingerprint density at radius 1 is 0.844 bits per heavy atom. The zero-order chi connectivity index (χ0) is 22.5. The van der Waals surface area contributed by atoms with Gasteiger partial charge in [-0.3, -0.25) is 0 Å². The highest BCUT2D eigenvalue weighted by Gasteiger charge is 2.09. The SMILES string of the molecule is COc1ccc(NC(=O)Nc2ccc(Oc3ncnc4cc(N(C)C)ccc34)cc2)cc1. The number of nitrogens with zero attached hydrogens (tertiary/aromatic N) is 3. The van der Waals surface area contributed by atoms with Crippen molar-refractivity contribution in [2.75, 3.05) is 36.7 Å². The van der Waals surface area contributed by atoms with E-state index < -0.39 is 0 Å². The van der Waals surface area contributed by atoms with Gasteiger partial charge in [-0.15, -0.1) is 0 Å². The number of rotatable bonds is 6. The number of ether oxygens (including phenoxy) is 2. The number of amides is 2. The lowest BCUT2D eigenvalue weighted by atomic mass is 10.2. The Labute approximate surface area is 185 Å². The number of urea groups is 1. The molecule has 2 N–H and O–H groups in total. The first-order chi connectivity index (χ1) is 15.5. The molecule has 0 saturated heterocycles. The van der Waals surface area contributed by atoms with Crippen LogP contribution in [0.25, 0.3) is 10.9 Å². The summed E-state index contributed by atoms with van der Waals surface area (Å²) in [5.74, 6) is 1.79. The van der Waals surface area contributed by atoms with E-state index in [1.807, 2.05) is 37.2 Å². The quantitative estimate of drug-likeness (QED) is 0.441. The highest BCUT2D eigenvalue weighted by atomic mass is 16.5. The molecule has 0 atom stereocenters.